The molecule has 2 rings (SSSR count). The van der Waals surface area contributed by atoms with E-state index in [9.17, 15) is 9.59 Å². The predicted molar refractivity (Wildman–Crippen MR) is 126 cm³/mol. The number of carbonyl (C=O) groups is 2. The van der Waals surface area contributed by atoms with Crippen molar-refractivity contribution in [2.24, 2.45) is 5.41 Å². The van der Waals surface area contributed by atoms with Crippen LogP contribution in [0.4, 0.5) is 5.69 Å². The van der Waals surface area contributed by atoms with Crippen molar-refractivity contribution in [3.8, 4) is 11.5 Å². The van der Waals surface area contributed by atoms with Crippen LogP contribution in [0.2, 0.25) is 0 Å². The van der Waals surface area contributed by atoms with Gasteiger partial charge < -0.3 is 24.3 Å². The molecule has 0 saturated heterocycles. The lowest BCUT2D eigenvalue weighted by Crippen LogP contribution is -2.09. The average molecular weight is 428 g/mol. The van der Waals surface area contributed by atoms with Crippen molar-refractivity contribution < 1.29 is 23.8 Å². The Morgan fingerprint density at radius 2 is 1.81 bits per heavy atom. The van der Waals surface area contributed by atoms with E-state index < -0.39 is 0 Å². The maximum Gasteiger partial charge on any atom is 0.256 e. The van der Waals surface area contributed by atoms with E-state index in [1.165, 1.54) is 0 Å². The third-order valence-corrected chi connectivity index (χ3v) is 4.73. The molecule has 0 spiro atoms. The van der Waals surface area contributed by atoms with E-state index in [2.05, 4.69) is 11.9 Å². The third kappa shape index (κ3) is 7.57. The zero-order valence-corrected chi connectivity index (χ0v) is 19.3. The van der Waals surface area contributed by atoms with Crippen molar-refractivity contribution in [2.75, 3.05) is 33.3 Å². The number of allylic oxidation sites excluding steroid dienone is 5. The highest BCUT2D eigenvalue weighted by Gasteiger charge is 2.26. The number of amides is 1. The number of rotatable bonds is 9. The average Bonchev–Trinajstić information content (AvgIpc) is 3.07. The quantitative estimate of drug-likeness (QED) is 0.342. The minimum absolute atomic E-state index is 0.0972. The molecule has 0 saturated carbocycles. The zero-order chi connectivity index (χ0) is 23.4. The molecule has 0 unspecified atom stereocenters. The summed E-state index contributed by atoms with van der Waals surface area (Å²) in [6.45, 7) is 10.1. The molecular weight excluding hydrogens is 394 g/mol. The molecule has 1 heterocycles. The number of ether oxygens (including phenoxy) is 3. The van der Waals surface area contributed by atoms with Crippen LogP contribution in [0.15, 0.2) is 54.7 Å². The number of anilines is 1. The molecule has 1 aromatic rings. The van der Waals surface area contributed by atoms with Gasteiger partial charge in [-0.2, -0.15) is 0 Å². The Hall–Kier alpha value is -3.12. The molecule has 0 atom stereocenters. The Balaban J connectivity index is 0.000000592. The molecule has 0 bridgehead atoms. The van der Waals surface area contributed by atoms with Crippen molar-refractivity contribution in [2.45, 2.75) is 27.2 Å². The first kappa shape index (κ1) is 25.9. The Bertz CT molecular complexity index is 878. The van der Waals surface area contributed by atoms with Crippen molar-refractivity contribution in [3.05, 3.63) is 60.2 Å². The number of carbonyl (C=O) groups excluding carboxylic acids is 2. The first-order chi connectivity index (χ1) is 14.8. The van der Waals surface area contributed by atoms with Crippen molar-refractivity contribution in [1.29, 1.82) is 0 Å². The van der Waals surface area contributed by atoms with E-state index in [-0.39, 0.29) is 11.3 Å². The van der Waals surface area contributed by atoms with Crippen LogP contribution in [-0.2, 0) is 14.3 Å². The fraction of sp³-hybridized carbons (Fsp3) is 0.360. The van der Waals surface area contributed by atoms with Crippen LogP contribution < -0.4 is 14.8 Å². The van der Waals surface area contributed by atoms with Gasteiger partial charge in [-0.05, 0) is 24.1 Å². The molecular formula is C25H33NO5. The lowest BCUT2D eigenvalue weighted by molar-refractivity contribution is -0.114. The van der Waals surface area contributed by atoms with Crippen LogP contribution in [0.1, 0.15) is 32.8 Å². The van der Waals surface area contributed by atoms with Gasteiger partial charge in [0.25, 0.3) is 5.91 Å². The standard InChI is InChI=1S/C19H21NO4.C6H12O/c1-5-7-13(8-6-9-22-2)10-15-14-11-17(23-3)18(24-4)12-16(14)20-19(15)21;1-4-6(2,3)5-7/h5-8,10-12H,1,9H2,2-4H3,(H,20,21);5H,4H2,1-3H3/b8-6-,13-7+,15-10-;. The maximum atomic E-state index is 12.3. The summed E-state index contributed by atoms with van der Waals surface area (Å²) >= 11 is 0. The second kappa shape index (κ2) is 12.5. The summed E-state index contributed by atoms with van der Waals surface area (Å²) in [5, 5.41) is 2.84. The summed E-state index contributed by atoms with van der Waals surface area (Å²) in [6, 6.07) is 3.55. The summed E-state index contributed by atoms with van der Waals surface area (Å²) in [5.74, 6) is 0.970. The molecule has 168 valence electrons. The van der Waals surface area contributed by atoms with Crippen LogP contribution in [0.5, 0.6) is 11.5 Å². The molecule has 1 aliphatic heterocycles. The number of fused-ring (bicyclic) bond motifs is 1. The first-order valence-corrected chi connectivity index (χ1v) is 10.0. The first-order valence-electron chi connectivity index (χ1n) is 10.0. The largest absolute Gasteiger partial charge is 0.493 e. The minimum Gasteiger partial charge on any atom is -0.493 e. The SMILES string of the molecule is C=C/C=C(\C=C/COC)/C=C1\C(=O)Nc2cc(OC)c(OC)cc21.CCC(C)(C)C=O. The summed E-state index contributed by atoms with van der Waals surface area (Å²) in [5.41, 5.74) is 2.77. The summed E-state index contributed by atoms with van der Waals surface area (Å²) < 4.78 is 15.6. The van der Waals surface area contributed by atoms with Crippen LogP contribution in [-0.4, -0.2) is 40.1 Å². The smallest absolute Gasteiger partial charge is 0.256 e. The van der Waals surface area contributed by atoms with Gasteiger partial charge in [-0.1, -0.05) is 51.7 Å². The lowest BCUT2D eigenvalue weighted by atomic mass is 9.93. The van der Waals surface area contributed by atoms with Crippen molar-refractivity contribution in [3.63, 3.8) is 0 Å². The van der Waals surface area contributed by atoms with Gasteiger partial charge in [-0.3, -0.25) is 4.79 Å². The highest BCUT2D eigenvalue weighted by molar-refractivity contribution is 6.32. The molecule has 0 fully saturated rings. The highest BCUT2D eigenvalue weighted by Crippen LogP contribution is 2.40. The summed E-state index contributed by atoms with van der Waals surface area (Å²) in [7, 11) is 4.75. The van der Waals surface area contributed by atoms with Gasteiger partial charge in [0.1, 0.15) is 6.29 Å². The minimum atomic E-state index is -0.171. The topological polar surface area (TPSA) is 73.9 Å². The number of nitrogens with one attached hydrogen (secondary N) is 1. The number of hydrogen-bond donors (Lipinski definition) is 1. The van der Waals surface area contributed by atoms with E-state index in [4.69, 9.17) is 14.2 Å². The van der Waals surface area contributed by atoms with Gasteiger partial charge in [0.05, 0.1) is 26.5 Å². The van der Waals surface area contributed by atoms with Crippen molar-refractivity contribution >= 4 is 23.5 Å². The van der Waals surface area contributed by atoms with Crippen LogP contribution in [0.3, 0.4) is 0 Å². The molecule has 1 amide bonds. The normalized spacial score (nSPS) is 14.6. The maximum absolute atomic E-state index is 12.3. The Morgan fingerprint density at radius 1 is 1.16 bits per heavy atom. The summed E-state index contributed by atoms with van der Waals surface area (Å²) in [4.78, 5) is 22.4. The Morgan fingerprint density at radius 3 is 2.29 bits per heavy atom. The Kier molecular flexibility index (Phi) is 10.5. The van der Waals surface area contributed by atoms with E-state index in [0.29, 0.717) is 29.4 Å². The van der Waals surface area contributed by atoms with Gasteiger partial charge in [0.15, 0.2) is 11.5 Å². The van der Waals surface area contributed by atoms with Gasteiger partial charge in [-0.25, -0.2) is 0 Å². The second-order valence-electron chi connectivity index (χ2n) is 7.48. The zero-order valence-electron chi connectivity index (χ0n) is 19.3. The molecule has 1 aromatic carbocycles. The molecule has 31 heavy (non-hydrogen) atoms. The molecule has 6 nitrogen and oxygen atoms in total. The van der Waals surface area contributed by atoms with Crippen LogP contribution in [0, 0.1) is 5.41 Å². The van der Waals surface area contributed by atoms with Crippen LogP contribution >= 0.6 is 0 Å². The fourth-order valence-corrected chi connectivity index (χ4v) is 2.48. The highest BCUT2D eigenvalue weighted by atomic mass is 16.5. The fourth-order valence-electron chi connectivity index (χ4n) is 2.48. The predicted octanol–water partition coefficient (Wildman–Crippen LogP) is 4.98. The van der Waals surface area contributed by atoms with Gasteiger partial charge in [0.2, 0.25) is 0 Å². The van der Waals surface area contributed by atoms with Gasteiger partial charge in [-0.15, -0.1) is 0 Å². The molecule has 0 radical (unpaired) electrons. The van der Waals surface area contributed by atoms with E-state index >= 15 is 0 Å². The monoisotopic (exact) mass is 427 g/mol. The molecule has 0 aromatic heterocycles. The number of hydrogen-bond acceptors (Lipinski definition) is 5. The van der Waals surface area contributed by atoms with Crippen LogP contribution in [0.25, 0.3) is 5.57 Å². The lowest BCUT2D eigenvalue weighted by Gasteiger charge is -2.10. The van der Waals surface area contributed by atoms with E-state index in [1.54, 1.807) is 45.6 Å². The molecule has 1 aliphatic rings. The molecule has 6 heteroatoms. The number of aldehydes is 1. The van der Waals surface area contributed by atoms with Gasteiger partial charge >= 0.3 is 0 Å². The number of benzene rings is 1. The second-order valence-corrected chi connectivity index (χ2v) is 7.48. The van der Waals surface area contributed by atoms with E-state index in [1.807, 2.05) is 39.0 Å². The number of methoxy groups -OCH3 is 3. The third-order valence-electron chi connectivity index (χ3n) is 4.73. The van der Waals surface area contributed by atoms with Crippen molar-refractivity contribution in [1.82, 2.24) is 0 Å². The molecule has 1 N–H and O–H groups in total. The Labute approximate surface area is 185 Å². The van der Waals surface area contributed by atoms with E-state index in [0.717, 1.165) is 23.8 Å². The molecule has 0 aliphatic carbocycles. The summed E-state index contributed by atoms with van der Waals surface area (Å²) in [6.07, 6.45) is 11.0. The van der Waals surface area contributed by atoms with Gasteiger partial charge in [0, 0.05) is 29.7 Å².